The van der Waals surface area contributed by atoms with Gasteiger partial charge < -0.3 is 19.6 Å². The van der Waals surface area contributed by atoms with Crippen molar-refractivity contribution >= 4 is 17.7 Å². The maximum Gasteiger partial charge on any atom is 0.321 e. The summed E-state index contributed by atoms with van der Waals surface area (Å²) in [6.45, 7) is 1.32. The molecule has 1 aliphatic rings. The number of aromatic nitrogens is 4. The van der Waals surface area contributed by atoms with Gasteiger partial charge in [-0.15, -0.1) is 0 Å². The van der Waals surface area contributed by atoms with E-state index in [-0.39, 0.29) is 11.9 Å². The number of aromatic amines is 1. The molecule has 3 rings (SSSR count). The van der Waals surface area contributed by atoms with Crippen LogP contribution in [0.15, 0.2) is 16.9 Å². The molecule has 118 valence electrons. The van der Waals surface area contributed by atoms with E-state index < -0.39 is 0 Å². The number of likely N-dealkylation sites (tertiary alicyclic amines) is 1. The van der Waals surface area contributed by atoms with Gasteiger partial charge in [0.25, 0.3) is 5.95 Å². The van der Waals surface area contributed by atoms with Crippen molar-refractivity contribution in [1.29, 1.82) is 0 Å². The molecule has 9 heteroatoms. The molecule has 1 aliphatic heterocycles. The fourth-order valence-corrected chi connectivity index (χ4v) is 2.43. The van der Waals surface area contributed by atoms with E-state index in [2.05, 4.69) is 25.7 Å². The first-order valence-corrected chi connectivity index (χ1v) is 7.19. The summed E-state index contributed by atoms with van der Waals surface area (Å²) in [6, 6.07) is -0.112. The number of urea groups is 1. The van der Waals surface area contributed by atoms with E-state index in [0.29, 0.717) is 30.6 Å². The lowest BCUT2D eigenvalue weighted by atomic mass is 9.97. The van der Waals surface area contributed by atoms with Gasteiger partial charge in [-0.1, -0.05) is 0 Å². The van der Waals surface area contributed by atoms with Crippen LogP contribution in [0, 0.1) is 0 Å². The van der Waals surface area contributed by atoms with Gasteiger partial charge >= 0.3 is 6.03 Å². The number of hydrogen-bond acceptors (Lipinski definition) is 6. The Morgan fingerprint density at radius 3 is 2.82 bits per heavy atom. The van der Waals surface area contributed by atoms with E-state index in [1.54, 1.807) is 22.2 Å². The standard InChI is InChI=1S/C13H19N7O2/c1-19(2)12-17-11(22-18-12)9-3-5-20(6-4-9)13(21)16-10-7-14-15-8-10/h7-9H,3-6H2,1-2H3,(H,14,15)(H,16,21). The van der Waals surface area contributed by atoms with Crippen LogP contribution in [0.2, 0.25) is 0 Å². The molecule has 1 fully saturated rings. The molecule has 2 aromatic heterocycles. The highest BCUT2D eigenvalue weighted by atomic mass is 16.5. The van der Waals surface area contributed by atoms with Crippen LogP contribution in [0.25, 0.3) is 0 Å². The highest BCUT2D eigenvalue weighted by molar-refractivity contribution is 5.89. The number of nitrogens with zero attached hydrogens (tertiary/aromatic N) is 5. The summed E-state index contributed by atoms with van der Waals surface area (Å²) in [5.41, 5.74) is 0.666. The molecule has 0 spiro atoms. The van der Waals surface area contributed by atoms with Crippen molar-refractivity contribution in [3.8, 4) is 0 Å². The minimum atomic E-state index is -0.112. The van der Waals surface area contributed by atoms with E-state index in [0.717, 1.165) is 12.8 Å². The second kappa shape index (κ2) is 6.04. The Kier molecular flexibility index (Phi) is 3.94. The van der Waals surface area contributed by atoms with Gasteiger partial charge in [-0.25, -0.2) is 4.79 Å². The van der Waals surface area contributed by atoms with Gasteiger partial charge in [0.1, 0.15) is 0 Å². The first kappa shape index (κ1) is 14.4. The fourth-order valence-electron chi connectivity index (χ4n) is 2.43. The minimum Gasteiger partial charge on any atom is -0.344 e. The number of carbonyl (C=O) groups excluding carboxylic acids is 1. The molecule has 2 aromatic rings. The van der Waals surface area contributed by atoms with Crippen molar-refractivity contribution in [1.82, 2.24) is 25.2 Å². The molecule has 9 nitrogen and oxygen atoms in total. The highest BCUT2D eigenvalue weighted by Gasteiger charge is 2.27. The topological polar surface area (TPSA) is 103 Å². The van der Waals surface area contributed by atoms with Crippen LogP contribution in [0.3, 0.4) is 0 Å². The lowest BCUT2D eigenvalue weighted by molar-refractivity contribution is 0.187. The second-order valence-corrected chi connectivity index (χ2v) is 5.51. The predicted molar refractivity (Wildman–Crippen MR) is 79.8 cm³/mol. The number of nitrogens with one attached hydrogen (secondary N) is 2. The van der Waals surface area contributed by atoms with Crippen LogP contribution >= 0.6 is 0 Å². The SMILES string of the molecule is CN(C)c1noc(C2CCN(C(=O)Nc3cn[nH]c3)CC2)n1. The Morgan fingerprint density at radius 2 is 2.23 bits per heavy atom. The summed E-state index contributed by atoms with van der Waals surface area (Å²) in [4.78, 5) is 20.1. The van der Waals surface area contributed by atoms with E-state index in [1.807, 2.05) is 14.1 Å². The molecule has 0 atom stereocenters. The third-order valence-corrected chi connectivity index (χ3v) is 3.71. The number of amides is 2. The maximum atomic E-state index is 12.1. The van der Waals surface area contributed by atoms with E-state index in [4.69, 9.17) is 4.52 Å². The van der Waals surface area contributed by atoms with Crippen LogP contribution in [-0.2, 0) is 0 Å². The lowest BCUT2D eigenvalue weighted by Crippen LogP contribution is -2.40. The van der Waals surface area contributed by atoms with Gasteiger partial charge in [-0.05, 0) is 18.0 Å². The van der Waals surface area contributed by atoms with E-state index in [1.165, 1.54) is 0 Å². The molecule has 0 radical (unpaired) electrons. The third-order valence-electron chi connectivity index (χ3n) is 3.71. The Bertz CT molecular complexity index is 614. The average molecular weight is 305 g/mol. The molecular formula is C13H19N7O2. The Morgan fingerprint density at radius 1 is 1.45 bits per heavy atom. The summed E-state index contributed by atoms with van der Waals surface area (Å²) in [7, 11) is 3.74. The third kappa shape index (κ3) is 3.02. The average Bonchev–Trinajstić information content (AvgIpc) is 3.18. The maximum absolute atomic E-state index is 12.1. The van der Waals surface area contributed by atoms with Crippen LogP contribution in [0.1, 0.15) is 24.7 Å². The Labute approximate surface area is 127 Å². The van der Waals surface area contributed by atoms with Gasteiger partial charge in [-0.2, -0.15) is 10.1 Å². The summed E-state index contributed by atoms with van der Waals surface area (Å²) >= 11 is 0. The number of rotatable bonds is 3. The normalized spacial score (nSPS) is 15.8. The molecule has 2 N–H and O–H groups in total. The predicted octanol–water partition coefficient (Wildman–Crippen LogP) is 1.27. The van der Waals surface area contributed by atoms with E-state index >= 15 is 0 Å². The zero-order chi connectivity index (χ0) is 15.5. The van der Waals surface area contributed by atoms with Crippen LogP contribution in [-0.4, -0.2) is 58.5 Å². The van der Waals surface area contributed by atoms with Gasteiger partial charge in [0.2, 0.25) is 5.89 Å². The molecule has 22 heavy (non-hydrogen) atoms. The second-order valence-electron chi connectivity index (χ2n) is 5.51. The highest BCUT2D eigenvalue weighted by Crippen LogP contribution is 2.28. The van der Waals surface area contributed by atoms with Gasteiger partial charge in [0, 0.05) is 39.3 Å². The van der Waals surface area contributed by atoms with E-state index in [9.17, 15) is 4.79 Å². The fraction of sp³-hybridized carbons (Fsp3) is 0.538. The molecule has 0 aromatic carbocycles. The van der Waals surface area contributed by atoms with Crippen molar-refractivity contribution in [2.24, 2.45) is 0 Å². The lowest BCUT2D eigenvalue weighted by Gasteiger charge is -2.30. The van der Waals surface area contributed by atoms with Gasteiger partial charge in [-0.3, -0.25) is 5.10 Å². The molecule has 0 saturated carbocycles. The number of hydrogen-bond donors (Lipinski definition) is 2. The molecule has 3 heterocycles. The number of H-pyrrole nitrogens is 1. The summed E-state index contributed by atoms with van der Waals surface area (Å²) in [6.07, 6.45) is 4.85. The number of carbonyl (C=O) groups is 1. The van der Waals surface area contributed by atoms with Crippen LogP contribution < -0.4 is 10.2 Å². The van der Waals surface area contributed by atoms with Gasteiger partial charge in [0.15, 0.2) is 0 Å². The van der Waals surface area contributed by atoms with Crippen LogP contribution in [0.5, 0.6) is 0 Å². The molecule has 0 bridgehead atoms. The van der Waals surface area contributed by atoms with Crippen molar-refractivity contribution in [2.45, 2.75) is 18.8 Å². The Balaban J connectivity index is 1.54. The molecular weight excluding hydrogens is 286 g/mol. The molecule has 1 saturated heterocycles. The van der Waals surface area contributed by atoms with Gasteiger partial charge in [0.05, 0.1) is 11.9 Å². The smallest absolute Gasteiger partial charge is 0.321 e. The summed E-state index contributed by atoms with van der Waals surface area (Å²) in [5, 5.41) is 13.2. The van der Waals surface area contributed by atoms with Crippen molar-refractivity contribution in [3.05, 3.63) is 18.3 Å². The first-order valence-electron chi connectivity index (χ1n) is 7.19. The number of piperidine rings is 1. The molecule has 2 amide bonds. The first-order chi connectivity index (χ1) is 10.6. The Hall–Kier alpha value is -2.58. The zero-order valence-electron chi connectivity index (χ0n) is 12.6. The monoisotopic (exact) mass is 305 g/mol. The van der Waals surface area contributed by atoms with Crippen molar-refractivity contribution < 1.29 is 9.32 Å². The minimum absolute atomic E-state index is 0.112. The van der Waals surface area contributed by atoms with Crippen molar-refractivity contribution in [3.63, 3.8) is 0 Å². The molecule has 0 unspecified atom stereocenters. The van der Waals surface area contributed by atoms with Crippen LogP contribution in [0.4, 0.5) is 16.4 Å². The number of anilines is 2. The largest absolute Gasteiger partial charge is 0.344 e. The zero-order valence-corrected chi connectivity index (χ0v) is 12.6. The molecule has 0 aliphatic carbocycles. The summed E-state index contributed by atoms with van der Waals surface area (Å²) < 4.78 is 5.31. The quantitative estimate of drug-likeness (QED) is 0.885. The summed E-state index contributed by atoms with van der Waals surface area (Å²) in [5.74, 6) is 1.44. The van der Waals surface area contributed by atoms with Crippen molar-refractivity contribution in [2.75, 3.05) is 37.4 Å².